The van der Waals surface area contributed by atoms with Crippen molar-refractivity contribution in [2.45, 2.75) is 51.7 Å². The smallest absolute Gasteiger partial charge is 0.256 e. The number of hydrogen-bond donors (Lipinski definition) is 1. The van der Waals surface area contributed by atoms with Crippen molar-refractivity contribution in [2.24, 2.45) is 5.41 Å². The average molecular weight is 344 g/mol. The number of carbonyl (C=O) groups excluding carboxylic acids is 2. The molecule has 2 heterocycles. The number of piperidine rings is 2. The fraction of sp³-hybridized carbons (Fsp3) is 0.600. The van der Waals surface area contributed by atoms with Gasteiger partial charge in [-0.1, -0.05) is 30.3 Å². The summed E-state index contributed by atoms with van der Waals surface area (Å²) >= 11 is 0. The molecule has 1 atom stereocenters. The Bertz CT molecular complexity index is 621. The Morgan fingerprint density at radius 2 is 1.76 bits per heavy atom. The molecule has 2 fully saturated rings. The van der Waals surface area contributed by atoms with Crippen molar-refractivity contribution in [3.63, 3.8) is 0 Å². The molecule has 0 aromatic heterocycles. The van der Waals surface area contributed by atoms with Gasteiger partial charge >= 0.3 is 0 Å². The van der Waals surface area contributed by atoms with E-state index >= 15 is 0 Å². The molecule has 0 bridgehead atoms. The van der Waals surface area contributed by atoms with E-state index in [1.165, 1.54) is 0 Å². The Hall–Kier alpha value is -1.88. The summed E-state index contributed by atoms with van der Waals surface area (Å²) in [5.74, 6) is 0.0345. The van der Waals surface area contributed by atoms with E-state index < -0.39 is 6.10 Å². The highest BCUT2D eigenvalue weighted by Crippen LogP contribution is 2.41. The fourth-order valence-electron chi connectivity index (χ4n) is 4.08. The number of nitrogens with zero attached hydrogens (tertiary/aromatic N) is 2. The van der Waals surface area contributed by atoms with E-state index in [0.29, 0.717) is 25.1 Å². The second-order valence-corrected chi connectivity index (χ2v) is 7.75. The molecule has 2 amide bonds. The number of aliphatic hydroxyl groups is 1. The predicted octanol–water partition coefficient (Wildman–Crippen LogP) is 2.36. The maximum atomic E-state index is 12.6. The molecule has 25 heavy (non-hydrogen) atoms. The minimum atomic E-state index is -1.09. The highest BCUT2D eigenvalue weighted by Gasteiger charge is 2.42. The van der Waals surface area contributed by atoms with Crippen molar-refractivity contribution >= 4 is 11.8 Å². The lowest BCUT2D eigenvalue weighted by molar-refractivity contribution is -0.148. The van der Waals surface area contributed by atoms with Gasteiger partial charge in [0.1, 0.15) is 0 Å². The number of carbonyl (C=O) groups is 2. The normalized spacial score (nSPS) is 21.7. The van der Waals surface area contributed by atoms with Gasteiger partial charge in [0.2, 0.25) is 5.91 Å². The predicted molar refractivity (Wildman–Crippen MR) is 95.7 cm³/mol. The minimum absolute atomic E-state index is 0.132. The van der Waals surface area contributed by atoms with Crippen molar-refractivity contribution in [3.8, 4) is 0 Å². The van der Waals surface area contributed by atoms with Crippen molar-refractivity contribution in [2.75, 3.05) is 19.6 Å². The molecule has 1 N–H and O–H groups in total. The highest BCUT2D eigenvalue weighted by molar-refractivity contribution is 5.82. The second kappa shape index (κ2) is 7.16. The van der Waals surface area contributed by atoms with E-state index in [1.807, 2.05) is 23.1 Å². The zero-order chi connectivity index (χ0) is 18.0. The Balaban J connectivity index is 1.62. The van der Waals surface area contributed by atoms with Crippen LogP contribution in [0.15, 0.2) is 30.3 Å². The third-order valence-corrected chi connectivity index (χ3v) is 5.80. The van der Waals surface area contributed by atoms with Crippen LogP contribution in [0.3, 0.4) is 0 Å². The van der Waals surface area contributed by atoms with Gasteiger partial charge in [-0.25, -0.2) is 0 Å². The highest BCUT2D eigenvalue weighted by atomic mass is 16.3. The zero-order valence-electron chi connectivity index (χ0n) is 15.1. The number of amides is 2. The quantitative estimate of drug-likeness (QED) is 0.916. The van der Waals surface area contributed by atoms with Crippen LogP contribution >= 0.6 is 0 Å². The topological polar surface area (TPSA) is 60.9 Å². The van der Waals surface area contributed by atoms with Crippen LogP contribution in [-0.4, -0.2) is 52.4 Å². The van der Waals surface area contributed by atoms with E-state index in [9.17, 15) is 14.7 Å². The Morgan fingerprint density at radius 1 is 1.12 bits per heavy atom. The lowest BCUT2D eigenvalue weighted by Crippen LogP contribution is -2.54. The van der Waals surface area contributed by atoms with Gasteiger partial charge in [0.15, 0.2) is 6.10 Å². The van der Waals surface area contributed by atoms with E-state index in [-0.39, 0.29) is 23.3 Å². The van der Waals surface area contributed by atoms with Gasteiger partial charge in [0.25, 0.3) is 5.91 Å². The number of likely N-dealkylation sites (tertiary alicyclic amines) is 2. The Kier molecular flexibility index (Phi) is 5.13. The summed E-state index contributed by atoms with van der Waals surface area (Å²) in [5.41, 5.74) is 0.772. The van der Waals surface area contributed by atoms with Crippen LogP contribution in [-0.2, 0) is 9.59 Å². The van der Waals surface area contributed by atoms with E-state index in [1.54, 1.807) is 17.0 Å². The summed E-state index contributed by atoms with van der Waals surface area (Å²) in [6.45, 7) is 6.23. The zero-order valence-corrected chi connectivity index (χ0v) is 15.1. The Morgan fingerprint density at radius 3 is 2.36 bits per heavy atom. The van der Waals surface area contributed by atoms with Gasteiger partial charge in [-0.05, 0) is 44.1 Å². The molecule has 1 aromatic rings. The number of hydrogen-bond acceptors (Lipinski definition) is 3. The van der Waals surface area contributed by atoms with Gasteiger partial charge in [-0.3, -0.25) is 9.59 Å². The summed E-state index contributed by atoms with van der Waals surface area (Å²) in [6.07, 6.45) is 2.24. The number of benzene rings is 1. The van der Waals surface area contributed by atoms with E-state index in [2.05, 4.69) is 13.8 Å². The van der Waals surface area contributed by atoms with Gasteiger partial charge in [0, 0.05) is 32.1 Å². The average Bonchev–Trinajstić information content (AvgIpc) is 2.64. The standard InChI is InChI=1S/C20H28N2O3/c1-15(2)22-14-20(9-8-17(22)23)10-12-21(13-11-20)19(25)18(24)16-6-4-3-5-7-16/h3-7,15,18,24H,8-14H2,1-2H3/t18-/m0/s1. The third kappa shape index (κ3) is 3.71. The number of aliphatic hydroxyl groups excluding tert-OH is 1. The first kappa shape index (κ1) is 17.9. The molecular formula is C20H28N2O3. The monoisotopic (exact) mass is 344 g/mol. The van der Waals surface area contributed by atoms with Gasteiger partial charge < -0.3 is 14.9 Å². The van der Waals surface area contributed by atoms with Gasteiger partial charge in [-0.15, -0.1) is 0 Å². The van der Waals surface area contributed by atoms with E-state index in [0.717, 1.165) is 25.8 Å². The first-order valence-electron chi connectivity index (χ1n) is 9.23. The summed E-state index contributed by atoms with van der Waals surface area (Å²) in [7, 11) is 0. The summed E-state index contributed by atoms with van der Waals surface area (Å²) in [4.78, 5) is 28.5. The SMILES string of the molecule is CC(C)N1CC2(CCC1=O)CCN(C(=O)[C@@H](O)c1ccccc1)CC2. The van der Waals surface area contributed by atoms with Gasteiger partial charge in [-0.2, -0.15) is 0 Å². The lowest BCUT2D eigenvalue weighted by atomic mass is 9.72. The largest absolute Gasteiger partial charge is 0.378 e. The van der Waals surface area contributed by atoms with Crippen LogP contribution in [0.2, 0.25) is 0 Å². The second-order valence-electron chi connectivity index (χ2n) is 7.75. The van der Waals surface area contributed by atoms with E-state index in [4.69, 9.17) is 0 Å². The van der Waals surface area contributed by atoms with Crippen LogP contribution < -0.4 is 0 Å². The summed E-state index contributed by atoms with van der Waals surface area (Å²) in [5, 5.41) is 10.3. The van der Waals surface area contributed by atoms with Crippen molar-refractivity contribution in [3.05, 3.63) is 35.9 Å². The fourth-order valence-corrected chi connectivity index (χ4v) is 4.08. The molecule has 0 radical (unpaired) electrons. The third-order valence-electron chi connectivity index (χ3n) is 5.80. The molecule has 0 unspecified atom stereocenters. The molecular weight excluding hydrogens is 316 g/mol. The molecule has 5 nitrogen and oxygen atoms in total. The Labute approximate surface area is 149 Å². The molecule has 0 saturated carbocycles. The molecule has 136 valence electrons. The first-order valence-corrected chi connectivity index (χ1v) is 9.23. The minimum Gasteiger partial charge on any atom is -0.378 e. The van der Waals surface area contributed by atoms with Gasteiger partial charge in [0.05, 0.1) is 0 Å². The van der Waals surface area contributed by atoms with Crippen molar-refractivity contribution in [1.29, 1.82) is 0 Å². The lowest BCUT2D eigenvalue weighted by Gasteiger charge is -2.48. The van der Waals surface area contributed by atoms with Crippen molar-refractivity contribution in [1.82, 2.24) is 9.80 Å². The first-order chi connectivity index (χ1) is 11.9. The summed E-state index contributed by atoms with van der Waals surface area (Å²) in [6, 6.07) is 9.32. The van der Waals surface area contributed by atoms with Crippen LogP contribution in [0.1, 0.15) is 51.2 Å². The molecule has 1 aromatic carbocycles. The maximum Gasteiger partial charge on any atom is 0.256 e. The van der Waals surface area contributed by atoms with Crippen LogP contribution in [0.4, 0.5) is 0 Å². The maximum absolute atomic E-state index is 12.6. The van der Waals surface area contributed by atoms with Crippen LogP contribution in [0, 0.1) is 5.41 Å². The van der Waals surface area contributed by atoms with Crippen LogP contribution in [0.5, 0.6) is 0 Å². The van der Waals surface area contributed by atoms with Crippen LogP contribution in [0.25, 0.3) is 0 Å². The molecule has 2 saturated heterocycles. The molecule has 2 aliphatic heterocycles. The molecule has 5 heteroatoms. The molecule has 1 spiro atoms. The summed E-state index contributed by atoms with van der Waals surface area (Å²) < 4.78 is 0. The number of rotatable bonds is 3. The molecule has 3 rings (SSSR count). The van der Waals surface area contributed by atoms with Crippen molar-refractivity contribution < 1.29 is 14.7 Å². The molecule has 0 aliphatic carbocycles. The molecule has 2 aliphatic rings.